The molecule has 1 heterocycles. The number of benzene rings is 1. The highest BCUT2D eigenvalue weighted by molar-refractivity contribution is 5.21. The lowest BCUT2D eigenvalue weighted by atomic mass is 10.2. The molecular weight excluding hydrogens is 230 g/mol. The zero-order valence-corrected chi connectivity index (χ0v) is 10.1. The van der Waals surface area contributed by atoms with E-state index in [4.69, 9.17) is 10.5 Å². The van der Waals surface area contributed by atoms with E-state index in [1.54, 1.807) is 6.92 Å². The predicted molar refractivity (Wildman–Crippen MR) is 68.2 cm³/mol. The molecule has 0 bridgehead atoms. The Morgan fingerprint density at radius 2 is 2.11 bits per heavy atom. The number of nitrogens with one attached hydrogen (secondary N) is 1. The van der Waals surface area contributed by atoms with E-state index in [0.29, 0.717) is 11.5 Å². The highest BCUT2D eigenvalue weighted by Gasteiger charge is 2.05. The molecule has 0 amide bonds. The van der Waals surface area contributed by atoms with Crippen LogP contribution in [0.3, 0.4) is 0 Å². The Balaban J connectivity index is 2.12. The third kappa shape index (κ3) is 3.18. The van der Waals surface area contributed by atoms with E-state index >= 15 is 0 Å². The average Bonchev–Trinajstić information content (AvgIpc) is 2.37. The normalized spacial score (nSPS) is 12.1. The zero-order valence-electron chi connectivity index (χ0n) is 10.1. The van der Waals surface area contributed by atoms with Crippen LogP contribution in [0.2, 0.25) is 0 Å². The average molecular weight is 245 g/mol. The summed E-state index contributed by atoms with van der Waals surface area (Å²) >= 11 is 0. The Hall–Kier alpha value is -2.14. The first kappa shape index (κ1) is 12.3. The van der Waals surface area contributed by atoms with Gasteiger partial charge in [0, 0.05) is 12.1 Å². The van der Waals surface area contributed by atoms with Gasteiger partial charge in [-0.05, 0) is 19.1 Å². The van der Waals surface area contributed by atoms with E-state index in [9.17, 15) is 4.79 Å². The summed E-state index contributed by atoms with van der Waals surface area (Å²) in [4.78, 5) is 18.3. The first-order chi connectivity index (χ1) is 8.65. The molecule has 2 aromatic rings. The molecule has 0 aliphatic carbocycles. The van der Waals surface area contributed by atoms with Crippen LogP contribution < -0.4 is 16.0 Å². The Bertz CT molecular complexity index is 564. The van der Waals surface area contributed by atoms with Crippen LogP contribution in [-0.4, -0.2) is 9.97 Å². The van der Waals surface area contributed by atoms with Gasteiger partial charge in [0.05, 0.1) is 5.69 Å². The van der Waals surface area contributed by atoms with Crippen LogP contribution in [0.15, 0.2) is 41.2 Å². The Kier molecular flexibility index (Phi) is 3.74. The maximum atomic E-state index is 11.4. The Morgan fingerprint density at radius 3 is 2.78 bits per heavy atom. The lowest BCUT2D eigenvalue weighted by Gasteiger charge is -2.08. The summed E-state index contributed by atoms with van der Waals surface area (Å²) in [7, 11) is 0. The predicted octanol–water partition coefficient (Wildman–Crippen LogP) is 1.37. The molecule has 0 fully saturated rings. The van der Waals surface area contributed by atoms with Crippen molar-refractivity contribution in [2.75, 3.05) is 0 Å². The molecule has 1 atom stereocenters. The molecule has 94 valence electrons. The van der Waals surface area contributed by atoms with Crippen molar-refractivity contribution in [3.05, 3.63) is 58.3 Å². The quantitative estimate of drug-likeness (QED) is 0.852. The van der Waals surface area contributed by atoms with E-state index in [1.807, 2.05) is 30.3 Å². The minimum absolute atomic E-state index is 0.208. The molecule has 1 aromatic heterocycles. The van der Waals surface area contributed by atoms with Gasteiger partial charge in [-0.15, -0.1) is 0 Å². The van der Waals surface area contributed by atoms with E-state index in [2.05, 4.69) is 9.97 Å². The van der Waals surface area contributed by atoms with Crippen LogP contribution in [0.5, 0.6) is 5.75 Å². The molecule has 2 rings (SSSR count). The number of H-pyrrole nitrogens is 1. The summed E-state index contributed by atoms with van der Waals surface area (Å²) in [5.74, 6) is 1.20. The first-order valence-corrected chi connectivity index (χ1v) is 5.69. The van der Waals surface area contributed by atoms with Crippen molar-refractivity contribution in [1.29, 1.82) is 0 Å². The van der Waals surface area contributed by atoms with E-state index in [-0.39, 0.29) is 18.2 Å². The molecule has 0 radical (unpaired) electrons. The molecule has 0 spiro atoms. The second-order valence-corrected chi connectivity index (χ2v) is 4.01. The fraction of sp³-hybridized carbons (Fsp3) is 0.231. The minimum Gasteiger partial charge on any atom is -0.486 e. The number of para-hydroxylation sites is 1. The highest BCUT2D eigenvalue weighted by atomic mass is 16.5. The van der Waals surface area contributed by atoms with Gasteiger partial charge >= 0.3 is 0 Å². The second-order valence-electron chi connectivity index (χ2n) is 4.01. The van der Waals surface area contributed by atoms with Crippen LogP contribution in [0.4, 0.5) is 0 Å². The van der Waals surface area contributed by atoms with Gasteiger partial charge in [0.15, 0.2) is 0 Å². The van der Waals surface area contributed by atoms with Crippen molar-refractivity contribution in [3.8, 4) is 5.75 Å². The Labute approximate surface area is 105 Å². The standard InChI is InChI=1S/C13H15N3O2/c1-9(14)11-7-13(17)16-12(15-11)8-18-10-5-3-2-4-6-10/h2-7,9H,8,14H2,1H3,(H,15,16,17). The molecule has 1 aromatic carbocycles. The lowest BCUT2D eigenvalue weighted by Crippen LogP contribution is -2.18. The molecule has 18 heavy (non-hydrogen) atoms. The van der Waals surface area contributed by atoms with Gasteiger partial charge in [0.2, 0.25) is 0 Å². The number of nitrogens with two attached hydrogens (primary N) is 1. The van der Waals surface area contributed by atoms with E-state index < -0.39 is 0 Å². The van der Waals surface area contributed by atoms with Gasteiger partial charge in [-0.25, -0.2) is 4.98 Å². The van der Waals surface area contributed by atoms with E-state index in [0.717, 1.165) is 5.75 Å². The number of nitrogens with zero attached hydrogens (tertiary/aromatic N) is 1. The molecule has 3 N–H and O–H groups in total. The van der Waals surface area contributed by atoms with Gasteiger partial charge in [0.25, 0.3) is 5.56 Å². The van der Waals surface area contributed by atoms with Crippen molar-refractivity contribution < 1.29 is 4.74 Å². The first-order valence-electron chi connectivity index (χ1n) is 5.69. The van der Waals surface area contributed by atoms with Crippen molar-refractivity contribution >= 4 is 0 Å². The van der Waals surface area contributed by atoms with Crippen LogP contribution in [-0.2, 0) is 6.61 Å². The third-order valence-electron chi connectivity index (χ3n) is 2.40. The highest BCUT2D eigenvalue weighted by Crippen LogP contribution is 2.10. The lowest BCUT2D eigenvalue weighted by molar-refractivity contribution is 0.294. The summed E-state index contributed by atoms with van der Waals surface area (Å²) in [5, 5.41) is 0. The van der Waals surface area contributed by atoms with Crippen LogP contribution in [0, 0.1) is 0 Å². The van der Waals surface area contributed by atoms with Crippen LogP contribution >= 0.6 is 0 Å². The van der Waals surface area contributed by atoms with Crippen molar-refractivity contribution in [3.63, 3.8) is 0 Å². The van der Waals surface area contributed by atoms with Crippen molar-refractivity contribution in [1.82, 2.24) is 9.97 Å². The van der Waals surface area contributed by atoms with Gasteiger partial charge in [0.1, 0.15) is 18.2 Å². The van der Waals surface area contributed by atoms with Crippen molar-refractivity contribution in [2.24, 2.45) is 5.73 Å². The van der Waals surface area contributed by atoms with E-state index in [1.165, 1.54) is 6.07 Å². The Morgan fingerprint density at radius 1 is 1.39 bits per heavy atom. The summed E-state index contributed by atoms with van der Waals surface area (Å²) in [6.45, 7) is 1.99. The van der Waals surface area contributed by atoms with Gasteiger partial charge in [-0.2, -0.15) is 0 Å². The monoisotopic (exact) mass is 245 g/mol. The fourth-order valence-electron chi connectivity index (χ4n) is 1.50. The molecule has 0 aliphatic heterocycles. The number of aromatic nitrogens is 2. The van der Waals surface area contributed by atoms with Crippen LogP contribution in [0.25, 0.3) is 0 Å². The molecule has 0 aliphatic rings. The molecule has 1 unspecified atom stereocenters. The second kappa shape index (κ2) is 5.46. The maximum Gasteiger partial charge on any atom is 0.251 e. The number of ether oxygens (including phenoxy) is 1. The summed E-state index contributed by atoms with van der Waals surface area (Å²) in [5.41, 5.74) is 6.04. The van der Waals surface area contributed by atoms with Gasteiger partial charge in [-0.3, -0.25) is 4.79 Å². The van der Waals surface area contributed by atoms with Gasteiger partial charge < -0.3 is 15.5 Å². The molecular formula is C13H15N3O2. The molecule has 5 nitrogen and oxygen atoms in total. The summed E-state index contributed by atoms with van der Waals surface area (Å²) in [6, 6.07) is 10.5. The summed E-state index contributed by atoms with van der Waals surface area (Å²) in [6.07, 6.45) is 0. The van der Waals surface area contributed by atoms with Gasteiger partial charge in [-0.1, -0.05) is 18.2 Å². The molecule has 0 saturated heterocycles. The topological polar surface area (TPSA) is 81.0 Å². The minimum atomic E-state index is -0.275. The number of hydrogen-bond donors (Lipinski definition) is 2. The smallest absolute Gasteiger partial charge is 0.251 e. The molecule has 0 saturated carbocycles. The zero-order chi connectivity index (χ0) is 13.0. The SMILES string of the molecule is CC(N)c1cc(=O)[nH]c(COc2ccccc2)n1. The number of hydrogen-bond acceptors (Lipinski definition) is 4. The molecule has 5 heteroatoms. The number of rotatable bonds is 4. The number of aromatic amines is 1. The maximum absolute atomic E-state index is 11.4. The third-order valence-corrected chi connectivity index (χ3v) is 2.40. The summed E-state index contributed by atoms with van der Waals surface area (Å²) < 4.78 is 5.51. The van der Waals surface area contributed by atoms with Crippen LogP contribution in [0.1, 0.15) is 24.5 Å². The largest absolute Gasteiger partial charge is 0.486 e. The van der Waals surface area contributed by atoms with Crippen molar-refractivity contribution in [2.45, 2.75) is 19.6 Å². The fourth-order valence-corrected chi connectivity index (χ4v) is 1.50.